The van der Waals surface area contributed by atoms with E-state index in [2.05, 4.69) is 15.6 Å². The third-order valence-electron chi connectivity index (χ3n) is 4.79. The molecule has 1 saturated carbocycles. The number of pyridine rings is 1. The number of aromatic nitrogens is 1. The predicted octanol–water partition coefficient (Wildman–Crippen LogP) is 3.05. The maximum atomic E-state index is 5.95. The van der Waals surface area contributed by atoms with Crippen LogP contribution < -0.4 is 16.4 Å². The fraction of sp³-hybridized carbons (Fsp3) is 0.611. The minimum Gasteiger partial charge on any atom is -0.464 e. The number of hydrogen-bond acceptors (Lipinski definition) is 5. The molecular weight excluding hydrogens is 288 g/mol. The van der Waals surface area contributed by atoms with E-state index < -0.39 is 0 Å². The summed E-state index contributed by atoms with van der Waals surface area (Å²) in [5, 5.41) is 7.98. The van der Waals surface area contributed by atoms with Gasteiger partial charge in [0.05, 0.1) is 11.6 Å². The molecule has 23 heavy (non-hydrogen) atoms. The largest absolute Gasteiger partial charge is 0.464 e. The van der Waals surface area contributed by atoms with Gasteiger partial charge in [-0.25, -0.2) is 4.98 Å². The fourth-order valence-electron chi connectivity index (χ4n) is 3.40. The van der Waals surface area contributed by atoms with Crippen molar-refractivity contribution in [1.82, 2.24) is 10.3 Å². The summed E-state index contributed by atoms with van der Waals surface area (Å²) in [6, 6.07) is 4.38. The molecule has 2 heterocycles. The molecule has 4 N–H and O–H groups in total. The third-order valence-corrected chi connectivity index (χ3v) is 4.79. The summed E-state index contributed by atoms with van der Waals surface area (Å²) in [4.78, 5) is 4.56. The molecule has 0 bridgehead atoms. The van der Waals surface area contributed by atoms with Gasteiger partial charge in [-0.2, -0.15) is 0 Å². The standard InChI is InChI=1S/C18H28N4O/c1-13-12-17-16(7-11-23-17)18(22-13)21-10-9-20-8-6-14-2-4-15(19)5-3-14/h7,11-12,14-15,20H,2-6,8-10,19H2,1H3,(H,21,22). The Morgan fingerprint density at radius 2 is 2.04 bits per heavy atom. The van der Waals surface area contributed by atoms with Gasteiger partial charge in [0.15, 0.2) is 0 Å². The number of anilines is 1. The van der Waals surface area contributed by atoms with Crippen LogP contribution in [0.1, 0.15) is 37.8 Å². The lowest BCUT2D eigenvalue weighted by Gasteiger charge is -2.26. The van der Waals surface area contributed by atoms with Crippen molar-refractivity contribution in [3.05, 3.63) is 24.1 Å². The van der Waals surface area contributed by atoms with Crippen LogP contribution in [-0.4, -0.2) is 30.7 Å². The first-order valence-electron chi connectivity index (χ1n) is 8.77. The molecule has 0 aliphatic heterocycles. The van der Waals surface area contributed by atoms with Gasteiger partial charge in [0, 0.05) is 30.9 Å². The molecule has 0 unspecified atom stereocenters. The number of nitrogens with zero attached hydrogens (tertiary/aromatic N) is 1. The Kier molecular flexibility index (Phi) is 5.51. The first-order chi connectivity index (χ1) is 11.2. The zero-order valence-corrected chi connectivity index (χ0v) is 14.0. The van der Waals surface area contributed by atoms with Gasteiger partial charge < -0.3 is 20.8 Å². The van der Waals surface area contributed by atoms with Crippen molar-refractivity contribution in [3.63, 3.8) is 0 Å². The highest BCUT2D eigenvalue weighted by Crippen LogP contribution is 2.25. The van der Waals surface area contributed by atoms with Gasteiger partial charge in [0.25, 0.3) is 0 Å². The van der Waals surface area contributed by atoms with Gasteiger partial charge in [-0.1, -0.05) is 0 Å². The van der Waals surface area contributed by atoms with Gasteiger partial charge in [-0.05, 0) is 57.6 Å². The molecule has 126 valence electrons. The Morgan fingerprint density at radius 1 is 1.22 bits per heavy atom. The smallest absolute Gasteiger partial charge is 0.139 e. The average molecular weight is 316 g/mol. The molecule has 2 aromatic rings. The molecule has 5 nitrogen and oxygen atoms in total. The summed E-state index contributed by atoms with van der Waals surface area (Å²) in [5.74, 6) is 1.77. The number of furan rings is 1. The predicted molar refractivity (Wildman–Crippen MR) is 94.7 cm³/mol. The van der Waals surface area contributed by atoms with Crippen LogP contribution in [0.3, 0.4) is 0 Å². The maximum absolute atomic E-state index is 5.95. The van der Waals surface area contributed by atoms with Crippen molar-refractivity contribution in [3.8, 4) is 0 Å². The highest BCUT2D eigenvalue weighted by atomic mass is 16.3. The van der Waals surface area contributed by atoms with E-state index in [-0.39, 0.29) is 0 Å². The van der Waals surface area contributed by atoms with Crippen LogP contribution in [0, 0.1) is 12.8 Å². The van der Waals surface area contributed by atoms with Crippen molar-refractivity contribution in [2.24, 2.45) is 11.7 Å². The van der Waals surface area contributed by atoms with Crippen molar-refractivity contribution in [2.45, 2.75) is 45.1 Å². The number of nitrogens with one attached hydrogen (secondary N) is 2. The van der Waals surface area contributed by atoms with Gasteiger partial charge in [0.2, 0.25) is 0 Å². The van der Waals surface area contributed by atoms with Crippen LogP contribution in [0.4, 0.5) is 5.82 Å². The van der Waals surface area contributed by atoms with Crippen LogP contribution in [0.5, 0.6) is 0 Å². The molecule has 0 amide bonds. The molecule has 5 heteroatoms. The van der Waals surface area contributed by atoms with Crippen molar-refractivity contribution in [2.75, 3.05) is 25.0 Å². The second kappa shape index (κ2) is 7.79. The minimum absolute atomic E-state index is 0.449. The number of hydrogen-bond donors (Lipinski definition) is 3. The summed E-state index contributed by atoms with van der Waals surface area (Å²) in [6.45, 7) is 4.89. The summed E-state index contributed by atoms with van der Waals surface area (Å²) in [5.41, 5.74) is 7.82. The van der Waals surface area contributed by atoms with Crippen LogP contribution in [0.2, 0.25) is 0 Å². The molecule has 0 spiro atoms. The van der Waals surface area contributed by atoms with Gasteiger partial charge in [-0.15, -0.1) is 0 Å². The summed E-state index contributed by atoms with van der Waals surface area (Å²) >= 11 is 0. The number of aryl methyl sites for hydroxylation is 1. The maximum Gasteiger partial charge on any atom is 0.139 e. The van der Waals surface area contributed by atoms with E-state index in [4.69, 9.17) is 10.2 Å². The lowest BCUT2D eigenvalue weighted by atomic mass is 9.84. The first-order valence-corrected chi connectivity index (χ1v) is 8.77. The molecule has 0 radical (unpaired) electrons. The third kappa shape index (κ3) is 4.45. The Bertz CT molecular complexity index is 617. The van der Waals surface area contributed by atoms with Gasteiger partial charge in [0.1, 0.15) is 11.4 Å². The Balaban J connectivity index is 1.36. The van der Waals surface area contributed by atoms with E-state index in [1.165, 1.54) is 32.1 Å². The molecule has 2 aromatic heterocycles. The molecule has 0 atom stereocenters. The SMILES string of the molecule is Cc1cc2occc2c(NCCNCCC2CCC(N)CC2)n1. The summed E-state index contributed by atoms with van der Waals surface area (Å²) in [6.07, 6.45) is 7.98. The highest BCUT2D eigenvalue weighted by Gasteiger charge is 2.17. The van der Waals surface area contributed by atoms with Crippen molar-refractivity contribution in [1.29, 1.82) is 0 Å². The van der Waals surface area contributed by atoms with Crippen molar-refractivity contribution >= 4 is 16.8 Å². The van der Waals surface area contributed by atoms with E-state index in [9.17, 15) is 0 Å². The Labute approximate surface area is 138 Å². The van der Waals surface area contributed by atoms with Gasteiger partial charge >= 0.3 is 0 Å². The highest BCUT2D eigenvalue weighted by molar-refractivity contribution is 5.88. The number of rotatable bonds is 7. The Hall–Kier alpha value is -1.59. The second-order valence-corrected chi connectivity index (χ2v) is 6.69. The zero-order chi connectivity index (χ0) is 16.1. The average Bonchev–Trinajstić information content (AvgIpc) is 3.00. The topological polar surface area (TPSA) is 76.1 Å². The molecule has 3 rings (SSSR count). The molecule has 1 aliphatic rings. The molecule has 0 aromatic carbocycles. The van der Waals surface area contributed by atoms with Crippen LogP contribution in [0.15, 0.2) is 22.8 Å². The lowest BCUT2D eigenvalue weighted by Crippen LogP contribution is -2.29. The van der Waals surface area contributed by atoms with Crippen LogP contribution in [0.25, 0.3) is 11.0 Å². The normalized spacial score (nSPS) is 21.7. The fourth-order valence-corrected chi connectivity index (χ4v) is 3.40. The molecule has 0 saturated heterocycles. The second-order valence-electron chi connectivity index (χ2n) is 6.69. The monoisotopic (exact) mass is 316 g/mol. The molecule has 1 aliphatic carbocycles. The molecular formula is C18H28N4O. The molecule has 1 fully saturated rings. The number of fused-ring (bicyclic) bond motifs is 1. The van der Waals surface area contributed by atoms with E-state index >= 15 is 0 Å². The first kappa shape index (κ1) is 16.3. The quantitative estimate of drug-likeness (QED) is 0.685. The number of nitrogens with two attached hydrogens (primary N) is 1. The zero-order valence-electron chi connectivity index (χ0n) is 14.0. The lowest BCUT2D eigenvalue weighted by molar-refractivity contribution is 0.308. The van der Waals surface area contributed by atoms with E-state index in [0.717, 1.165) is 48.0 Å². The van der Waals surface area contributed by atoms with Crippen LogP contribution in [-0.2, 0) is 0 Å². The van der Waals surface area contributed by atoms with Crippen molar-refractivity contribution < 1.29 is 4.42 Å². The van der Waals surface area contributed by atoms with E-state index in [1.54, 1.807) is 6.26 Å². The van der Waals surface area contributed by atoms with E-state index in [1.807, 2.05) is 19.1 Å². The van der Waals surface area contributed by atoms with Gasteiger partial charge in [-0.3, -0.25) is 0 Å². The Morgan fingerprint density at radius 3 is 2.87 bits per heavy atom. The summed E-state index contributed by atoms with van der Waals surface area (Å²) in [7, 11) is 0. The van der Waals surface area contributed by atoms with E-state index in [0.29, 0.717) is 6.04 Å². The summed E-state index contributed by atoms with van der Waals surface area (Å²) < 4.78 is 5.45. The minimum atomic E-state index is 0.449. The van der Waals surface area contributed by atoms with Crippen LogP contribution >= 0.6 is 0 Å².